The maximum Gasteiger partial charge on any atom is 0.258 e. The fourth-order valence-electron chi connectivity index (χ4n) is 2.64. The average molecular weight is 515 g/mol. The Morgan fingerprint density at radius 3 is 1.93 bits per heavy atom. The van der Waals surface area contributed by atoms with Crippen LogP contribution in [0.15, 0.2) is 72.8 Å². The monoisotopic (exact) mass is 515 g/mol. The minimum absolute atomic E-state index is 0.163. The van der Waals surface area contributed by atoms with E-state index in [1.54, 1.807) is 42.5 Å². The van der Waals surface area contributed by atoms with Gasteiger partial charge in [-0.15, -0.1) is 0 Å². The van der Waals surface area contributed by atoms with Gasteiger partial charge in [-0.2, -0.15) is 0 Å². The van der Waals surface area contributed by atoms with Gasteiger partial charge in [-0.3, -0.25) is 14.9 Å². The van der Waals surface area contributed by atoms with Crippen molar-refractivity contribution in [3.8, 4) is 0 Å². The van der Waals surface area contributed by atoms with Crippen molar-refractivity contribution in [3.63, 3.8) is 0 Å². The Kier molecular flexibility index (Phi) is 6.95. The summed E-state index contributed by atoms with van der Waals surface area (Å²) >= 11 is 7.33. The molecule has 3 aromatic carbocycles. The van der Waals surface area contributed by atoms with Crippen LogP contribution in [0.3, 0.4) is 0 Å². The number of hydrogen-bond donors (Lipinski definition) is 3. The standard InChI is InChI=1S/C22H18IN3O2S/c1-14-6-2-3-7-17(14)20(27)24-15-10-12-16(13-11-15)25-22(29)26-21(28)18-8-4-5-9-19(18)23/h2-13H,1H3,(H,24,27)(H2,25,26,28,29). The lowest BCUT2D eigenvalue weighted by Gasteiger charge is -2.11. The molecule has 0 aliphatic heterocycles. The van der Waals surface area contributed by atoms with E-state index in [9.17, 15) is 9.59 Å². The Morgan fingerprint density at radius 2 is 1.31 bits per heavy atom. The second-order valence-corrected chi connectivity index (χ2v) is 7.80. The predicted octanol–water partition coefficient (Wildman–Crippen LogP) is 4.98. The zero-order chi connectivity index (χ0) is 20.8. The van der Waals surface area contributed by atoms with Crippen LogP contribution in [-0.4, -0.2) is 16.9 Å². The van der Waals surface area contributed by atoms with Gasteiger partial charge in [0.1, 0.15) is 0 Å². The summed E-state index contributed by atoms with van der Waals surface area (Å²) in [5, 5.41) is 8.70. The van der Waals surface area contributed by atoms with Gasteiger partial charge in [0, 0.05) is 20.5 Å². The van der Waals surface area contributed by atoms with E-state index < -0.39 is 0 Å². The number of nitrogens with one attached hydrogen (secondary N) is 3. The molecular weight excluding hydrogens is 497 g/mol. The average Bonchev–Trinajstić information content (AvgIpc) is 2.70. The molecule has 0 unspecified atom stereocenters. The van der Waals surface area contributed by atoms with Crippen LogP contribution in [0.2, 0.25) is 0 Å². The minimum Gasteiger partial charge on any atom is -0.332 e. The molecule has 5 nitrogen and oxygen atoms in total. The van der Waals surface area contributed by atoms with Gasteiger partial charge in [0.2, 0.25) is 0 Å². The summed E-state index contributed by atoms with van der Waals surface area (Å²) in [6.45, 7) is 1.90. The highest BCUT2D eigenvalue weighted by molar-refractivity contribution is 14.1. The van der Waals surface area contributed by atoms with Crippen molar-refractivity contribution in [1.82, 2.24) is 5.32 Å². The summed E-state index contributed by atoms with van der Waals surface area (Å²) in [6, 6.07) is 21.8. The number of thiocarbonyl (C=S) groups is 1. The molecule has 0 saturated carbocycles. The molecule has 2 amide bonds. The van der Waals surface area contributed by atoms with E-state index in [0.717, 1.165) is 9.13 Å². The zero-order valence-corrected chi connectivity index (χ0v) is 18.5. The van der Waals surface area contributed by atoms with E-state index in [4.69, 9.17) is 12.2 Å². The van der Waals surface area contributed by atoms with E-state index in [1.807, 2.05) is 37.3 Å². The molecule has 0 spiro atoms. The molecule has 3 rings (SSSR count). The van der Waals surface area contributed by atoms with Gasteiger partial charge in [0.05, 0.1) is 5.56 Å². The molecule has 0 aromatic heterocycles. The lowest BCUT2D eigenvalue weighted by molar-refractivity contribution is 0.0975. The predicted molar refractivity (Wildman–Crippen MR) is 128 cm³/mol. The topological polar surface area (TPSA) is 70.2 Å². The van der Waals surface area contributed by atoms with E-state index in [-0.39, 0.29) is 16.9 Å². The Balaban J connectivity index is 1.58. The first kappa shape index (κ1) is 20.9. The Bertz CT molecular complexity index is 1070. The largest absolute Gasteiger partial charge is 0.332 e. The van der Waals surface area contributed by atoms with E-state index in [0.29, 0.717) is 22.5 Å². The molecule has 0 fully saturated rings. The Hall–Kier alpha value is -2.78. The summed E-state index contributed by atoms with van der Waals surface area (Å²) in [4.78, 5) is 24.7. The van der Waals surface area contributed by atoms with Gasteiger partial charge < -0.3 is 10.6 Å². The highest BCUT2D eigenvalue weighted by Gasteiger charge is 2.11. The number of benzene rings is 3. The highest BCUT2D eigenvalue weighted by Crippen LogP contribution is 2.16. The third-order valence-electron chi connectivity index (χ3n) is 4.14. The van der Waals surface area contributed by atoms with Gasteiger partial charge in [0.25, 0.3) is 11.8 Å². The van der Waals surface area contributed by atoms with Crippen molar-refractivity contribution < 1.29 is 9.59 Å². The molecule has 0 radical (unpaired) electrons. The van der Waals surface area contributed by atoms with Gasteiger partial charge in [0.15, 0.2) is 5.11 Å². The van der Waals surface area contributed by atoms with E-state index >= 15 is 0 Å². The smallest absolute Gasteiger partial charge is 0.258 e. The van der Waals surface area contributed by atoms with Crippen molar-refractivity contribution in [2.24, 2.45) is 0 Å². The van der Waals surface area contributed by atoms with E-state index in [2.05, 4.69) is 38.5 Å². The van der Waals surface area contributed by atoms with Crippen LogP contribution in [0.25, 0.3) is 0 Å². The van der Waals surface area contributed by atoms with Crippen LogP contribution in [0, 0.1) is 10.5 Å². The lowest BCUT2D eigenvalue weighted by Crippen LogP contribution is -2.34. The summed E-state index contributed by atoms with van der Waals surface area (Å²) in [6.07, 6.45) is 0. The van der Waals surface area contributed by atoms with Gasteiger partial charge >= 0.3 is 0 Å². The van der Waals surface area contributed by atoms with Gasteiger partial charge in [-0.05, 0) is 89.8 Å². The van der Waals surface area contributed by atoms with Crippen molar-refractivity contribution in [2.45, 2.75) is 6.92 Å². The molecule has 3 N–H and O–H groups in total. The van der Waals surface area contributed by atoms with Crippen LogP contribution in [0.5, 0.6) is 0 Å². The molecule has 146 valence electrons. The molecule has 0 aliphatic rings. The van der Waals surface area contributed by atoms with E-state index in [1.165, 1.54) is 0 Å². The van der Waals surface area contributed by atoms with Crippen LogP contribution < -0.4 is 16.0 Å². The Morgan fingerprint density at radius 1 is 0.759 bits per heavy atom. The summed E-state index contributed by atoms with van der Waals surface area (Å²) in [7, 11) is 0. The number of anilines is 2. The summed E-state index contributed by atoms with van der Waals surface area (Å²) in [5.41, 5.74) is 3.47. The normalized spacial score (nSPS) is 10.1. The second kappa shape index (κ2) is 9.62. The maximum absolute atomic E-state index is 12.4. The van der Waals surface area contributed by atoms with Crippen LogP contribution in [-0.2, 0) is 0 Å². The number of amides is 2. The van der Waals surface area contributed by atoms with Crippen molar-refractivity contribution in [1.29, 1.82) is 0 Å². The number of hydrogen-bond acceptors (Lipinski definition) is 3. The van der Waals surface area contributed by atoms with Crippen molar-refractivity contribution in [3.05, 3.63) is 93.1 Å². The van der Waals surface area contributed by atoms with Gasteiger partial charge in [-0.1, -0.05) is 30.3 Å². The van der Waals surface area contributed by atoms with Crippen LogP contribution in [0.4, 0.5) is 11.4 Å². The summed E-state index contributed by atoms with van der Waals surface area (Å²) < 4.78 is 0.846. The molecule has 0 saturated heterocycles. The first-order valence-corrected chi connectivity index (χ1v) is 10.3. The first-order chi connectivity index (χ1) is 13.9. The SMILES string of the molecule is Cc1ccccc1C(=O)Nc1ccc(NC(=S)NC(=O)c2ccccc2I)cc1. The van der Waals surface area contributed by atoms with Crippen LogP contribution in [0.1, 0.15) is 26.3 Å². The molecule has 29 heavy (non-hydrogen) atoms. The molecule has 3 aromatic rings. The molecule has 0 bridgehead atoms. The Labute approximate surface area is 188 Å². The van der Waals surface area contributed by atoms with Crippen molar-refractivity contribution in [2.75, 3.05) is 10.6 Å². The minimum atomic E-state index is -0.269. The van der Waals surface area contributed by atoms with Crippen LogP contribution >= 0.6 is 34.8 Å². The van der Waals surface area contributed by atoms with Gasteiger partial charge in [-0.25, -0.2) is 0 Å². The highest BCUT2D eigenvalue weighted by atomic mass is 127. The second-order valence-electron chi connectivity index (χ2n) is 6.23. The number of aryl methyl sites for hydroxylation is 1. The number of rotatable bonds is 4. The molecule has 0 aliphatic carbocycles. The number of carbonyl (C=O) groups excluding carboxylic acids is 2. The lowest BCUT2D eigenvalue weighted by atomic mass is 10.1. The zero-order valence-electron chi connectivity index (χ0n) is 15.5. The first-order valence-electron chi connectivity index (χ1n) is 8.78. The number of carbonyl (C=O) groups is 2. The third kappa shape index (κ3) is 5.61. The van der Waals surface area contributed by atoms with Crippen molar-refractivity contribution >= 4 is 63.1 Å². The molecule has 0 atom stereocenters. The number of halogens is 1. The fraction of sp³-hybridized carbons (Fsp3) is 0.0455. The maximum atomic E-state index is 12.4. The third-order valence-corrected chi connectivity index (χ3v) is 5.28. The molecular formula is C22H18IN3O2S. The summed E-state index contributed by atoms with van der Waals surface area (Å²) in [5.74, 6) is -0.432. The quantitative estimate of drug-likeness (QED) is 0.339. The molecule has 0 heterocycles. The fourth-order valence-corrected chi connectivity index (χ4v) is 3.48. The molecule has 7 heteroatoms.